The van der Waals surface area contributed by atoms with Crippen LogP contribution in [0.2, 0.25) is 0 Å². The number of hydrogen-bond donors (Lipinski definition) is 2. The molecule has 2 aliphatic heterocycles. The second kappa shape index (κ2) is 4.83. The van der Waals surface area contributed by atoms with E-state index in [1.54, 1.807) is 11.0 Å². The van der Waals surface area contributed by atoms with Crippen molar-refractivity contribution in [2.24, 2.45) is 5.41 Å². The van der Waals surface area contributed by atoms with E-state index in [1.165, 1.54) is 0 Å². The number of fused-ring (bicyclic) bond motifs is 2. The van der Waals surface area contributed by atoms with Gasteiger partial charge >= 0.3 is 6.09 Å². The van der Waals surface area contributed by atoms with Crippen LogP contribution >= 0.6 is 0 Å². The predicted molar refractivity (Wildman–Crippen MR) is 83.5 cm³/mol. The summed E-state index contributed by atoms with van der Waals surface area (Å²) in [7, 11) is 0. The summed E-state index contributed by atoms with van der Waals surface area (Å²) in [5, 5.41) is 17.9. The molecule has 1 amide bonds. The summed E-state index contributed by atoms with van der Waals surface area (Å²) < 4.78 is 0. The Morgan fingerprint density at radius 2 is 2.14 bits per heavy atom. The molecule has 120 valence electrons. The summed E-state index contributed by atoms with van der Waals surface area (Å²) in [6.07, 6.45) is 2.69. The molecular weight excluding hydrogens is 280 g/mol. The molecule has 2 fully saturated rings. The highest BCUT2D eigenvalue weighted by Crippen LogP contribution is 2.56. The van der Waals surface area contributed by atoms with E-state index in [9.17, 15) is 9.90 Å². The fourth-order valence-electron chi connectivity index (χ4n) is 4.43. The van der Waals surface area contributed by atoms with E-state index < -0.39 is 6.09 Å². The highest BCUT2D eigenvalue weighted by Gasteiger charge is 2.59. The zero-order valence-electron chi connectivity index (χ0n) is 13.4. The Morgan fingerprint density at radius 1 is 1.41 bits per heavy atom. The fourth-order valence-corrected chi connectivity index (χ4v) is 4.43. The van der Waals surface area contributed by atoms with E-state index in [2.05, 4.69) is 31.0 Å². The average Bonchev–Trinajstić information content (AvgIpc) is 2.68. The largest absolute Gasteiger partial charge is 0.465 e. The summed E-state index contributed by atoms with van der Waals surface area (Å²) in [5.74, 6) is 0.663. The Morgan fingerprint density at radius 3 is 2.68 bits per heavy atom. The van der Waals surface area contributed by atoms with Crippen LogP contribution < -0.4 is 5.73 Å². The summed E-state index contributed by atoms with van der Waals surface area (Å²) in [6, 6.07) is 3.78. The SMILES string of the molecule is CC(C)(C)C12CCC(CC(c3ccc(N)nn3)C1)N2C(=O)O. The molecule has 3 atom stereocenters. The van der Waals surface area contributed by atoms with Crippen molar-refractivity contribution in [3.05, 3.63) is 17.8 Å². The molecule has 0 aliphatic carbocycles. The number of amides is 1. The highest BCUT2D eigenvalue weighted by molar-refractivity contribution is 5.68. The number of nitrogen functional groups attached to an aromatic ring is 1. The molecule has 3 unspecified atom stereocenters. The molecule has 0 radical (unpaired) electrons. The standard InChI is InChI=1S/C16H24N4O2/c1-15(2,3)16-7-6-11(20(16)14(21)22)8-10(9-16)12-4-5-13(17)19-18-12/h4-5,10-11H,6-9H2,1-3H3,(H2,17,19)(H,21,22). The van der Waals surface area contributed by atoms with Crippen LogP contribution in [0.3, 0.4) is 0 Å². The van der Waals surface area contributed by atoms with Crippen molar-refractivity contribution in [3.63, 3.8) is 0 Å². The maximum Gasteiger partial charge on any atom is 0.408 e. The number of anilines is 1. The maximum atomic E-state index is 11.8. The van der Waals surface area contributed by atoms with Crippen molar-refractivity contribution < 1.29 is 9.90 Å². The molecule has 1 aromatic rings. The van der Waals surface area contributed by atoms with Gasteiger partial charge in [-0.25, -0.2) is 4.79 Å². The molecule has 6 heteroatoms. The Kier molecular flexibility index (Phi) is 3.30. The van der Waals surface area contributed by atoms with Gasteiger partial charge in [0.1, 0.15) is 5.82 Å². The molecule has 0 spiro atoms. The van der Waals surface area contributed by atoms with Gasteiger partial charge in [-0.1, -0.05) is 20.8 Å². The number of nitrogens with two attached hydrogens (primary N) is 1. The molecule has 3 rings (SSSR count). The van der Waals surface area contributed by atoms with Crippen molar-refractivity contribution in [2.45, 2.75) is 64.0 Å². The third-order valence-corrected chi connectivity index (χ3v) is 5.58. The third kappa shape index (κ3) is 2.12. The summed E-state index contributed by atoms with van der Waals surface area (Å²) in [6.45, 7) is 6.42. The molecule has 0 saturated carbocycles. The van der Waals surface area contributed by atoms with Gasteiger partial charge in [0.05, 0.1) is 11.2 Å². The van der Waals surface area contributed by atoms with E-state index in [0.29, 0.717) is 5.82 Å². The second-order valence-corrected chi connectivity index (χ2v) is 7.65. The first-order valence-corrected chi connectivity index (χ1v) is 7.86. The van der Waals surface area contributed by atoms with E-state index in [1.807, 2.05) is 6.07 Å². The zero-order valence-corrected chi connectivity index (χ0v) is 13.4. The monoisotopic (exact) mass is 304 g/mol. The first-order valence-electron chi connectivity index (χ1n) is 7.86. The molecule has 1 aromatic heterocycles. The molecule has 3 N–H and O–H groups in total. The van der Waals surface area contributed by atoms with Crippen LogP contribution in [0.15, 0.2) is 12.1 Å². The molecule has 0 aromatic carbocycles. The summed E-state index contributed by atoms with van der Waals surface area (Å²) >= 11 is 0. The van der Waals surface area contributed by atoms with Gasteiger partial charge in [-0.3, -0.25) is 4.90 Å². The maximum absolute atomic E-state index is 11.8. The van der Waals surface area contributed by atoms with Crippen molar-refractivity contribution in [1.82, 2.24) is 15.1 Å². The van der Waals surface area contributed by atoms with Crippen LogP contribution in [-0.4, -0.2) is 37.9 Å². The molecule has 22 heavy (non-hydrogen) atoms. The minimum atomic E-state index is -0.792. The number of carbonyl (C=O) groups is 1. The normalized spacial score (nSPS) is 31.3. The van der Waals surface area contributed by atoms with Gasteiger partial charge in [0.2, 0.25) is 0 Å². The zero-order chi connectivity index (χ0) is 16.1. The first-order chi connectivity index (χ1) is 10.2. The van der Waals surface area contributed by atoms with Gasteiger partial charge in [-0.05, 0) is 43.2 Å². The topological polar surface area (TPSA) is 92.3 Å². The Hall–Kier alpha value is -1.85. The predicted octanol–water partition coefficient (Wildman–Crippen LogP) is 2.86. The Bertz CT molecular complexity index is 581. The first kappa shape index (κ1) is 15.1. The molecule has 2 saturated heterocycles. The molecule has 3 heterocycles. The minimum Gasteiger partial charge on any atom is -0.465 e. The number of piperidine rings is 1. The van der Waals surface area contributed by atoms with E-state index in [0.717, 1.165) is 31.4 Å². The number of aromatic nitrogens is 2. The lowest BCUT2D eigenvalue weighted by atomic mass is 9.66. The van der Waals surface area contributed by atoms with Crippen molar-refractivity contribution in [2.75, 3.05) is 5.73 Å². The number of carboxylic acid groups (broad SMARTS) is 1. The lowest BCUT2D eigenvalue weighted by molar-refractivity contribution is -0.0214. The smallest absolute Gasteiger partial charge is 0.408 e. The van der Waals surface area contributed by atoms with Crippen LogP contribution in [0.25, 0.3) is 0 Å². The van der Waals surface area contributed by atoms with Gasteiger partial charge in [-0.2, -0.15) is 5.10 Å². The molecule has 2 aliphatic rings. The number of nitrogens with zero attached hydrogens (tertiary/aromatic N) is 3. The number of rotatable bonds is 1. The quantitative estimate of drug-likeness (QED) is 0.832. The minimum absolute atomic E-state index is 0.0785. The molecule has 2 bridgehead atoms. The highest BCUT2D eigenvalue weighted by atomic mass is 16.4. The number of hydrogen-bond acceptors (Lipinski definition) is 4. The second-order valence-electron chi connectivity index (χ2n) is 7.65. The summed E-state index contributed by atoms with van der Waals surface area (Å²) in [5.41, 5.74) is 6.12. The van der Waals surface area contributed by atoms with E-state index in [4.69, 9.17) is 5.73 Å². The van der Waals surface area contributed by atoms with Crippen molar-refractivity contribution in [3.8, 4) is 0 Å². The van der Waals surface area contributed by atoms with E-state index >= 15 is 0 Å². The van der Waals surface area contributed by atoms with Gasteiger partial charge in [0.15, 0.2) is 0 Å². The average molecular weight is 304 g/mol. The Balaban J connectivity index is 1.98. The Labute approximate surface area is 130 Å². The molecular formula is C16H24N4O2. The van der Waals surface area contributed by atoms with Crippen LogP contribution in [0.1, 0.15) is 58.1 Å². The van der Waals surface area contributed by atoms with Crippen LogP contribution in [-0.2, 0) is 0 Å². The van der Waals surface area contributed by atoms with E-state index in [-0.39, 0.29) is 22.9 Å². The lowest BCUT2D eigenvalue weighted by Gasteiger charge is -2.53. The van der Waals surface area contributed by atoms with Gasteiger partial charge < -0.3 is 10.8 Å². The summed E-state index contributed by atoms with van der Waals surface area (Å²) in [4.78, 5) is 13.6. The van der Waals surface area contributed by atoms with Crippen molar-refractivity contribution in [1.29, 1.82) is 0 Å². The fraction of sp³-hybridized carbons (Fsp3) is 0.688. The van der Waals surface area contributed by atoms with Crippen LogP contribution in [0.5, 0.6) is 0 Å². The third-order valence-electron chi connectivity index (χ3n) is 5.58. The molecule has 6 nitrogen and oxygen atoms in total. The van der Waals surface area contributed by atoms with Crippen LogP contribution in [0, 0.1) is 5.41 Å². The van der Waals surface area contributed by atoms with Gasteiger partial charge in [0, 0.05) is 12.0 Å². The van der Waals surface area contributed by atoms with Gasteiger partial charge in [0.25, 0.3) is 0 Å². The van der Waals surface area contributed by atoms with Crippen LogP contribution in [0.4, 0.5) is 10.6 Å². The van der Waals surface area contributed by atoms with Crippen molar-refractivity contribution >= 4 is 11.9 Å². The lowest BCUT2D eigenvalue weighted by Crippen LogP contribution is -2.60. The van der Waals surface area contributed by atoms with Gasteiger partial charge in [-0.15, -0.1) is 5.10 Å².